The second-order valence-electron chi connectivity index (χ2n) is 17.5. The van der Waals surface area contributed by atoms with Crippen molar-refractivity contribution in [2.24, 2.45) is 0 Å². The third kappa shape index (κ3) is 9.91. The van der Waals surface area contributed by atoms with Crippen molar-refractivity contribution in [2.75, 3.05) is 9.80 Å². The second kappa shape index (κ2) is 20.9. The lowest BCUT2D eigenvalue weighted by molar-refractivity contribution is 1.28. The van der Waals surface area contributed by atoms with Gasteiger partial charge >= 0.3 is 0 Å². The number of benzene rings is 12. The number of hydrogen-bond donors (Lipinski definition) is 0. The SMILES string of the molecule is Brc1ccc(N(c2ccc(-c3ccccc3)cc2)c2ccc(-c3cccc4ccccc34)cc2)cc1.c1ccc(-c2ccc(N(c3ccccc3)c3ccc(-c4cccc5ccccc45)cc3)cc2)cc1. The van der Waals surface area contributed by atoms with E-state index < -0.39 is 0 Å². The molecular weight excluding hydrogens is 925 g/mol. The van der Waals surface area contributed by atoms with E-state index >= 15 is 0 Å². The molecule has 3 heteroatoms. The van der Waals surface area contributed by atoms with Gasteiger partial charge in [-0.05, 0) is 151 Å². The Morgan fingerprint density at radius 2 is 0.465 bits per heavy atom. The molecule has 0 aliphatic heterocycles. The van der Waals surface area contributed by atoms with Crippen LogP contribution in [0.25, 0.3) is 66.1 Å². The summed E-state index contributed by atoms with van der Waals surface area (Å²) in [4.78, 5) is 4.61. The molecule has 0 amide bonds. The van der Waals surface area contributed by atoms with Crippen LogP contribution in [-0.4, -0.2) is 0 Å². The monoisotopic (exact) mass is 972 g/mol. The van der Waals surface area contributed by atoms with Crippen molar-refractivity contribution in [3.63, 3.8) is 0 Å². The highest BCUT2D eigenvalue weighted by molar-refractivity contribution is 9.10. The maximum Gasteiger partial charge on any atom is 0.0462 e. The lowest BCUT2D eigenvalue weighted by Crippen LogP contribution is -2.09. The van der Waals surface area contributed by atoms with E-state index in [2.05, 4.69) is 323 Å². The van der Waals surface area contributed by atoms with Crippen LogP contribution < -0.4 is 9.80 Å². The summed E-state index contributed by atoms with van der Waals surface area (Å²) in [5, 5.41) is 5.07. The first-order valence-corrected chi connectivity index (χ1v) is 24.8. The Morgan fingerprint density at radius 3 is 0.845 bits per heavy atom. The molecule has 0 aliphatic rings. The fraction of sp³-hybridized carbons (Fsp3) is 0. The van der Waals surface area contributed by atoms with Crippen molar-refractivity contribution < 1.29 is 0 Å². The van der Waals surface area contributed by atoms with E-state index in [0.717, 1.165) is 38.6 Å². The van der Waals surface area contributed by atoms with E-state index in [9.17, 15) is 0 Å². The van der Waals surface area contributed by atoms with Crippen molar-refractivity contribution >= 4 is 71.6 Å². The summed E-state index contributed by atoms with van der Waals surface area (Å²) in [5.74, 6) is 0. The highest BCUT2D eigenvalue weighted by Gasteiger charge is 2.16. The van der Waals surface area contributed by atoms with Crippen LogP contribution in [0.2, 0.25) is 0 Å². The maximum atomic E-state index is 3.58. The van der Waals surface area contributed by atoms with Crippen molar-refractivity contribution in [3.8, 4) is 44.5 Å². The summed E-state index contributed by atoms with van der Waals surface area (Å²) in [6.45, 7) is 0. The predicted molar refractivity (Wildman–Crippen MR) is 307 cm³/mol. The van der Waals surface area contributed by atoms with Gasteiger partial charge in [-0.15, -0.1) is 0 Å². The molecule has 0 heterocycles. The maximum absolute atomic E-state index is 3.58. The molecule has 12 aromatic carbocycles. The zero-order valence-corrected chi connectivity index (χ0v) is 40.6. The molecule has 0 bridgehead atoms. The Morgan fingerprint density at radius 1 is 0.197 bits per heavy atom. The van der Waals surface area contributed by atoms with Gasteiger partial charge in [-0.3, -0.25) is 0 Å². The van der Waals surface area contributed by atoms with Crippen LogP contribution in [0, 0.1) is 0 Å². The van der Waals surface area contributed by atoms with E-state index in [1.807, 2.05) is 0 Å². The lowest BCUT2D eigenvalue weighted by atomic mass is 9.98. The largest absolute Gasteiger partial charge is 0.311 e. The Balaban J connectivity index is 0.000000154. The molecule has 12 aromatic rings. The first kappa shape index (κ1) is 44.7. The predicted octanol–water partition coefficient (Wildman–Crippen LogP) is 20.0. The topological polar surface area (TPSA) is 6.48 Å². The van der Waals surface area contributed by atoms with Gasteiger partial charge in [0.15, 0.2) is 0 Å². The van der Waals surface area contributed by atoms with Gasteiger partial charge in [-0.2, -0.15) is 0 Å². The average Bonchev–Trinajstić information content (AvgIpc) is 3.45. The minimum absolute atomic E-state index is 1.07. The first-order chi connectivity index (χ1) is 35.1. The second-order valence-corrected chi connectivity index (χ2v) is 18.4. The number of hydrogen-bond acceptors (Lipinski definition) is 2. The van der Waals surface area contributed by atoms with Crippen LogP contribution >= 0.6 is 15.9 Å². The summed E-state index contributed by atoms with van der Waals surface area (Å²) in [5.41, 5.74) is 16.6. The number of fused-ring (bicyclic) bond motifs is 2. The molecule has 0 fully saturated rings. The highest BCUT2D eigenvalue weighted by atomic mass is 79.9. The highest BCUT2D eigenvalue weighted by Crippen LogP contribution is 2.40. The number of rotatable bonds is 10. The minimum atomic E-state index is 1.07. The van der Waals surface area contributed by atoms with E-state index in [1.54, 1.807) is 0 Å². The van der Waals surface area contributed by atoms with Gasteiger partial charge in [0.25, 0.3) is 0 Å². The number of anilines is 6. The quantitative estimate of drug-likeness (QED) is 0.135. The van der Waals surface area contributed by atoms with E-state index in [0.29, 0.717) is 0 Å². The van der Waals surface area contributed by atoms with Crippen molar-refractivity contribution in [1.29, 1.82) is 0 Å². The van der Waals surface area contributed by atoms with Crippen LogP contribution in [0.1, 0.15) is 0 Å². The van der Waals surface area contributed by atoms with Crippen molar-refractivity contribution in [2.45, 2.75) is 0 Å². The first-order valence-electron chi connectivity index (χ1n) is 24.0. The van der Waals surface area contributed by atoms with Crippen LogP contribution in [-0.2, 0) is 0 Å². The molecule has 0 aliphatic carbocycles. The normalized spacial score (nSPS) is 10.9. The average molecular weight is 974 g/mol. The van der Waals surface area contributed by atoms with Gasteiger partial charge < -0.3 is 9.80 Å². The lowest BCUT2D eigenvalue weighted by Gasteiger charge is -2.26. The number of nitrogens with zero attached hydrogens (tertiary/aromatic N) is 2. The van der Waals surface area contributed by atoms with Crippen LogP contribution in [0.5, 0.6) is 0 Å². The van der Waals surface area contributed by atoms with Gasteiger partial charge in [-0.25, -0.2) is 0 Å². The molecule has 0 unspecified atom stereocenters. The Bertz CT molecular complexity index is 3640. The molecule has 0 atom stereocenters. The molecule has 0 spiro atoms. The Hall–Kier alpha value is -8.76. The van der Waals surface area contributed by atoms with Gasteiger partial charge in [0.1, 0.15) is 0 Å². The van der Waals surface area contributed by atoms with Crippen molar-refractivity contribution in [3.05, 3.63) is 302 Å². The van der Waals surface area contributed by atoms with Gasteiger partial charge in [0, 0.05) is 38.6 Å². The van der Waals surface area contributed by atoms with Crippen molar-refractivity contribution in [1.82, 2.24) is 0 Å². The zero-order chi connectivity index (χ0) is 47.8. The molecule has 0 saturated heterocycles. The fourth-order valence-electron chi connectivity index (χ4n) is 9.46. The Labute approximate surface area is 425 Å². The number of halogens is 1. The van der Waals surface area contributed by atoms with E-state index in [-0.39, 0.29) is 0 Å². The van der Waals surface area contributed by atoms with Gasteiger partial charge in [-0.1, -0.05) is 228 Å². The molecular formula is C68H49BrN2. The standard InChI is InChI=1S/C34H24BrN.C34H25N/c35-29-17-23-32(24-18-29)36(30-19-13-26(14-20-30)25-7-2-1-3-8-25)31-21-15-28(16-22-31)34-12-6-10-27-9-4-5-11-33(27)34;1-3-10-26(11-4-1)27-18-22-31(23-19-27)35(30-14-5-2-6-15-30)32-24-20-29(21-25-32)34-17-9-13-28-12-7-8-16-33(28)34/h1-24H;1-25H. The molecule has 0 saturated carbocycles. The summed E-state index contributed by atoms with van der Waals surface area (Å²) >= 11 is 3.58. The molecule has 338 valence electrons. The van der Waals surface area contributed by atoms with Crippen LogP contribution in [0.3, 0.4) is 0 Å². The summed E-state index contributed by atoms with van der Waals surface area (Å²) in [6.07, 6.45) is 0. The molecule has 71 heavy (non-hydrogen) atoms. The molecule has 0 N–H and O–H groups in total. The van der Waals surface area contributed by atoms with Crippen LogP contribution in [0.15, 0.2) is 302 Å². The molecule has 12 rings (SSSR count). The summed E-state index contributed by atoms with van der Waals surface area (Å²) < 4.78 is 1.07. The smallest absolute Gasteiger partial charge is 0.0462 e. The molecule has 0 radical (unpaired) electrons. The fourth-order valence-corrected chi connectivity index (χ4v) is 9.73. The summed E-state index contributed by atoms with van der Waals surface area (Å²) in [6, 6.07) is 106. The minimum Gasteiger partial charge on any atom is -0.311 e. The Kier molecular flexibility index (Phi) is 13.1. The molecule has 2 nitrogen and oxygen atoms in total. The van der Waals surface area contributed by atoms with E-state index in [4.69, 9.17) is 0 Å². The number of para-hydroxylation sites is 1. The van der Waals surface area contributed by atoms with Gasteiger partial charge in [0.2, 0.25) is 0 Å². The van der Waals surface area contributed by atoms with Crippen LogP contribution in [0.4, 0.5) is 34.1 Å². The third-order valence-electron chi connectivity index (χ3n) is 13.0. The third-order valence-corrected chi connectivity index (χ3v) is 13.5. The molecule has 0 aromatic heterocycles. The van der Waals surface area contributed by atoms with E-state index in [1.165, 1.54) is 66.1 Å². The van der Waals surface area contributed by atoms with Gasteiger partial charge in [0.05, 0.1) is 0 Å². The summed E-state index contributed by atoms with van der Waals surface area (Å²) in [7, 11) is 0. The zero-order valence-electron chi connectivity index (χ0n) is 39.1.